The lowest BCUT2D eigenvalue weighted by molar-refractivity contribution is 0.0816. The average molecular weight is 362 g/mol. The minimum Gasteiger partial charge on any atom is -0.343 e. The summed E-state index contributed by atoms with van der Waals surface area (Å²) in [6.45, 7) is 4.67. The van der Waals surface area contributed by atoms with Crippen molar-refractivity contribution >= 4 is 34.4 Å². The summed E-state index contributed by atoms with van der Waals surface area (Å²) in [5, 5.41) is 4.38. The van der Waals surface area contributed by atoms with Gasteiger partial charge in [-0.15, -0.1) is 0 Å². The second-order valence-corrected chi connectivity index (χ2v) is 7.44. The second-order valence-electron chi connectivity index (χ2n) is 7.44. The Kier molecular flexibility index (Phi) is 3.56. The van der Waals surface area contributed by atoms with E-state index in [4.69, 9.17) is 9.97 Å². The van der Waals surface area contributed by atoms with Crippen LogP contribution in [0.4, 0.5) is 17.5 Å². The first-order chi connectivity index (χ1) is 13.1. The van der Waals surface area contributed by atoms with E-state index in [1.165, 1.54) is 12.8 Å². The molecule has 0 spiro atoms. The van der Waals surface area contributed by atoms with Gasteiger partial charge in [0.15, 0.2) is 0 Å². The van der Waals surface area contributed by atoms with Crippen molar-refractivity contribution in [2.45, 2.75) is 26.3 Å². The highest BCUT2D eigenvalue weighted by Crippen LogP contribution is 2.30. The number of amides is 1. The number of hydrogen-bond donors (Lipinski definition) is 2. The summed E-state index contributed by atoms with van der Waals surface area (Å²) in [5.74, 6) is 1.59. The highest BCUT2D eigenvalue weighted by atomic mass is 16.2. The number of aromatic nitrogens is 3. The van der Waals surface area contributed by atoms with Gasteiger partial charge in [-0.25, -0.2) is 0 Å². The Morgan fingerprint density at radius 3 is 2.78 bits per heavy atom. The summed E-state index contributed by atoms with van der Waals surface area (Å²) in [7, 11) is 1.83. The monoisotopic (exact) mass is 362 g/mol. The van der Waals surface area contributed by atoms with E-state index in [0.717, 1.165) is 58.4 Å². The molecule has 2 aromatic heterocycles. The standard InChI is InChI=1S/C20H22N6O/c1-12-9-16-17(21-12)23-20(26-7-3-4-8-26)24-18(16)22-14-6-5-13-11-25(2)19(27)15(13)10-14/h5-6,9-10H,3-4,7-8,11H2,1-2H3,(H2,21,22,23,24). The highest BCUT2D eigenvalue weighted by Gasteiger charge is 2.25. The molecule has 138 valence electrons. The maximum Gasteiger partial charge on any atom is 0.254 e. The number of rotatable bonds is 3. The third kappa shape index (κ3) is 2.70. The van der Waals surface area contributed by atoms with Crippen molar-refractivity contribution in [1.29, 1.82) is 0 Å². The van der Waals surface area contributed by atoms with E-state index in [0.29, 0.717) is 6.54 Å². The Bertz CT molecular complexity index is 1050. The van der Waals surface area contributed by atoms with Crippen LogP contribution in [0.2, 0.25) is 0 Å². The number of anilines is 3. The smallest absolute Gasteiger partial charge is 0.254 e. The molecule has 0 aliphatic carbocycles. The first-order valence-electron chi connectivity index (χ1n) is 9.36. The van der Waals surface area contributed by atoms with Crippen molar-refractivity contribution in [3.05, 3.63) is 41.1 Å². The number of H-pyrrole nitrogens is 1. The maximum atomic E-state index is 12.3. The third-order valence-corrected chi connectivity index (χ3v) is 5.36. The molecule has 2 N–H and O–H groups in total. The number of carbonyl (C=O) groups is 1. The normalized spacial score (nSPS) is 16.4. The summed E-state index contributed by atoms with van der Waals surface area (Å²) in [5.41, 5.74) is 4.58. The van der Waals surface area contributed by atoms with Crippen LogP contribution in [0.15, 0.2) is 24.3 Å². The molecular weight excluding hydrogens is 340 g/mol. The van der Waals surface area contributed by atoms with Crippen molar-refractivity contribution < 1.29 is 4.79 Å². The lowest BCUT2D eigenvalue weighted by atomic mass is 10.1. The highest BCUT2D eigenvalue weighted by molar-refractivity contribution is 5.99. The molecule has 0 unspecified atom stereocenters. The van der Waals surface area contributed by atoms with Gasteiger partial charge in [0.2, 0.25) is 5.95 Å². The molecule has 1 aromatic carbocycles. The van der Waals surface area contributed by atoms with Gasteiger partial charge < -0.3 is 20.1 Å². The molecule has 0 atom stereocenters. The first kappa shape index (κ1) is 16.1. The predicted octanol–water partition coefficient (Wildman–Crippen LogP) is 3.20. The number of nitrogens with zero attached hydrogens (tertiary/aromatic N) is 4. The van der Waals surface area contributed by atoms with E-state index in [9.17, 15) is 4.79 Å². The topological polar surface area (TPSA) is 77.2 Å². The SMILES string of the molecule is Cc1cc2c(Nc3ccc4c(c3)C(=O)N(C)C4)nc(N3CCCC3)nc2[nH]1. The number of aromatic amines is 1. The van der Waals surface area contributed by atoms with Crippen molar-refractivity contribution in [2.75, 3.05) is 30.4 Å². The number of hydrogen-bond acceptors (Lipinski definition) is 5. The fourth-order valence-electron chi connectivity index (χ4n) is 3.94. The molecule has 27 heavy (non-hydrogen) atoms. The van der Waals surface area contributed by atoms with Gasteiger partial charge in [-0.1, -0.05) is 6.07 Å². The Morgan fingerprint density at radius 1 is 1.15 bits per heavy atom. The molecule has 2 aliphatic rings. The summed E-state index contributed by atoms with van der Waals surface area (Å²) >= 11 is 0. The lowest BCUT2D eigenvalue weighted by Gasteiger charge is -2.17. The van der Waals surface area contributed by atoms with Crippen LogP contribution in [0.1, 0.15) is 34.5 Å². The van der Waals surface area contributed by atoms with Crippen LogP contribution in [0, 0.1) is 6.92 Å². The largest absolute Gasteiger partial charge is 0.343 e. The van der Waals surface area contributed by atoms with Gasteiger partial charge in [0.1, 0.15) is 11.5 Å². The number of aryl methyl sites for hydroxylation is 1. The first-order valence-corrected chi connectivity index (χ1v) is 9.36. The van der Waals surface area contributed by atoms with Gasteiger partial charge >= 0.3 is 0 Å². The molecule has 0 bridgehead atoms. The van der Waals surface area contributed by atoms with E-state index in [1.54, 1.807) is 4.90 Å². The van der Waals surface area contributed by atoms with E-state index >= 15 is 0 Å². The van der Waals surface area contributed by atoms with Crippen LogP contribution in [-0.4, -0.2) is 45.9 Å². The van der Waals surface area contributed by atoms with Crippen LogP contribution >= 0.6 is 0 Å². The predicted molar refractivity (Wildman–Crippen MR) is 106 cm³/mol. The van der Waals surface area contributed by atoms with E-state index in [1.807, 2.05) is 32.2 Å². The molecular formula is C20H22N6O. The zero-order valence-corrected chi connectivity index (χ0v) is 15.5. The molecule has 5 rings (SSSR count). The van der Waals surface area contributed by atoms with Gasteiger partial charge in [-0.3, -0.25) is 4.79 Å². The van der Waals surface area contributed by atoms with Crippen LogP contribution in [0.5, 0.6) is 0 Å². The molecule has 1 saturated heterocycles. The Balaban J connectivity index is 1.55. The lowest BCUT2D eigenvalue weighted by Crippen LogP contribution is -2.20. The minimum absolute atomic E-state index is 0.0664. The molecule has 4 heterocycles. The molecule has 7 nitrogen and oxygen atoms in total. The van der Waals surface area contributed by atoms with Crippen LogP contribution < -0.4 is 10.2 Å². The van der Waals surface area contributed by atoms with Gasteiger partial charge in [0.05, 0.1) is 5.39 Å². The Hall–Kier alpha value is -3.09. The van der Waals surface area contributed by atoms with Gasteiger partial charge in [-0.05, 0) is 43.5 Å². The van der Waals surface area contributed by atoms with E-state index < -0.39 is 0 Å². The molecule has 3 aromatic rings. The summed E-state index contributed by atoms with van der Waals surface area (Å²) < 4.78 is 0. The molecule has 0 radical (unpaired) electrons. The van der Waals surface area contributed by atoms with Gasteiger partial charge in [0.25, 0.3) is 5.91 Å². The summed E-state index contributed by atoms with van der Waals surface area (Å²) in [4.78, 5) is 29.1. The number of fused-ring (bicyclic) bond motifs is 2. The van der Waals surface area contributed by atoms with Gasteiger partial charge in [0, 0.05) is 43.6 Å². The van der Waals surface area contributed by atoms with Crippen molar-refractivity contribution in [1.82, 2.24) is 19.9 Å². The number of nitrogens with one attached hydrogen (secondary N) is 2. The van der Waals surface area contributed by atoms with E-state index in [2.05, 4.69) is 21.3 Å². The second kappa shape index (κ2) is 5.97. The third-order valence-electron chi connectivity index (χ3n) is 5.36. The van der Waals surface area contributed by atoms with E-state index in [-0.39, 0.29) is 5.91 Å². The van der Waals surface area contributed by atoms with Crippen molar-refractivity contribution in [2.24, 2.45) is 0 Å². The Morgan fingerprint density at radius 2 is 1.96 bits per heavy atom. The molecule has 2 aliphatic heterocycles. The number of carbonyl (C=O) groups excluding carboxylic acids is 1. The summed E-state index contributed by atoms with van der Waals surface area (Å²) in [6, 6.07) is 8.00. The zero-order valence-electron chi connectivity index (χ0n) is 15.5. The minimum atomic E-state index is 0.0664. The maximum absolute atomic E-state index is 12.3. The average Bonchev–Trinajstić information content (AvgIpc) is 3.36. The fraction of sp³-hybridized carbons (Fsp3) is 0.350. The van der Waals surface area contributed by atoms with Gasteiger partial charge in [-0.2, -0.15) is 9.97 Å². The van der Waals surface area contributed by atoms with Crippen molar-refractivity contribution in [3.63, 3.8) is 0 Å². The van der Waals surface area contributed by atoms with Crippen LogP contribution in [0.25, 0.3) is 11.0 Å². The number of benzene rings is 1. The zero-order chi connectivity index (χ0) is 18.5. The quantitative estimate of drug-likeness (QED) is 0.748. The molecule has 7 heteroatoms. The fourth-order valence-corrected chi connectivity index (χ4v) is 3.94. The molecule has 0 saturated carbocycles. The molecule has 1 amide bonds. The van der Waals surface area contributed by atoms with Crippen LogP contribution in [-0.2, 0) is 6.54 Å². The molecule has 1 fully saturated rings. The Labute approximate surface area is 157 Å². The van der Waals surface area contributed by atoms with Crippen LogP contribution in [0.3, 0.4) is 0 Å². The van der Waals surface area contributed by atoms with Crippen molar-refractivity contribution in [3.8, 4) is 0 Å². The summed E-state index contributed by atoms with van der Waals surface area (Å²) in [6.07, 6.45) is 2.35.